The summed E-state index contributed by atoms with van der Waals surface area (Å²) < 4.78 is 10.4. The molecule has 2 aromatic heterocycles. The van der Waals surface area contributed by atoms with Gasteiger partial charge in [0.2, 0.25) is 11.2 Å². The highest BCUT2D eigenvalue weighted by Crippen LogP contribution is 2.19. The Balaban J connectivity index is 2.07. The molecule has 6 heteroatoms. The molecule has 0 bridgehead atoms. The number of rotatable bonds is 3. The van der Waals surface area contributed by atoms with Crippen molar-refractivity contribution in [3.05, 3.63) is 35.6 Å². The van der Waals surface area contributed by atoms with E-state index in [2.05, 4.69) is 9.97 Å². The van der Waals surface area contributed by atoms with E-state index in [1.54, 1.807) is 18.4 Å². The molecular formula is C9H8ClN3O2. The number of anilines is 1. The van der Waals surface area contributed by atoms with Crippen LogP contribution in [-0.2, 0) is 6.61 Å². The van der Waals surface area contributed by atoms with Crippen LogP contribution in [0.1, 0.15) is 5.76 Å². The van der Waals surface area contributed by atoms with Crippen LogP contribution in [0.4, 0.5) is 5.69 Å². The van der Waals surface area contributed by atoms with Crippen LogP contribution in [0, 0.1) is 0 Å². The van der Waals surface area contributed by atoms with Gasteiger partial charge >= 0.3 is 0 Å². The second-order valence-electron chi connectivity index (χ2n) is 2.77. The van der Waals surface area contributed by atoms with Gasteiger partial charge in [-0.05, 0) is 23.7 Å². The second kappa shape index (κ2) is 4.18. The fourth-order valence-corrected chi connectivity index (χ4v) is 1.13. The summed E-state index contributed by atoms with van der Waals surface area (Å²) in [6, 6.07) is 3.56. The third-order valence-electron chi connectivity index (χ3n) is 1.68. The number of nitrogen functional groups attached to an aromatic ring is 1. The summed E-state index contributed by atoms with van der Waals surface area (Å²) in [6.45, 7) is 0.255. The molecule has 0 saturated carbocycles. The zero-order valence-electron chi connectivity index (χ0n) is 7.68. The van der Waals surface area contributed by atoms with Crippen molar-refractivity contribution in [1.82, 2.24) is 9.97 Å². The maximum Gasteiger partial charge on any atom is 0.242 e. The minimum absolute atomic E-state index is 0.0960. The zero-order valence-corrected chi connectivity index (χ0v) is 8.44. The quantitative estimate of drug-likeness (QED) is 0.808. The number of nitrogens with two attached hydrogens (primary N) is 1. The molecule has 0 amide bonds. The Morgan fingerprint density at radius 2 is 2.40 bits per heavy atom. The van der Waals surface area contributed by atoms with Crippen molar-refractivity contribution >= 4 is 17.3 Å². The van der Waals surface area contributed by atoms with Crippen LogP contribution < -0.4 is 10.5 Å². The lowest BCUT2D eigenvalue weighted by molar-refractivity contribution is 0.262. The van der Waals surface area contributed by atoms with Crippen LogP contribution in [0.15, 0.2) is 29.0 Å². The van der Waals surface area contributed by atoms with Crippen molar-refractivity contribution in [2.75, 3.05) is 5.73 Å². The molecule has 0 fully saturated rings. The Labute approximate surface area is 90.8 Å². The largest absolute Gasteiger partial charge is 0.468 e. The molecule has 5 nitrogen and oxygen atoms in total. The average Bonchev–Trinajstić information content (AvgIpc) is 2.72. The van der Waals surface area contributed by atoms with Crippen molar-refractivity contribution in [3.63, 3.8) is 0 Å². The van der Waals surface area contributed by atoms with Gasteiger partial charge in [-0.2, -0.15) is 4.98 Å². The van der Waals surface area contributed by atoms with E-state index in [1.807, 2.05) is 0 Å². The van der Waals surface area contributed by atoms with Gasteiger partial charge in [-0.1, -0.05) is 0 Å². The van der Waals surface area contributed by atoms with Crippen LogP contribution in [0.3, 0.4) is 0 Å². The lowest BCUT2D eigenvalue weighted by Crippen LogP contribution is -2.01. The van der Waals surface area contributed by atoms with Gasteiger partial charge in [-0.3, -0.25) is 0 Å². The van der Waals surface area contributed by atoms with Crippen LogP contribution in [0.2, 0.25) is 5.28 Å². The monoisotopic (exact) mass is 225 g/mol. The molecule has 2 N–H and O–H groups in total. The van der Waals surface area contributed by atoms with Crippen LogP contribution in [-0.4, -0.2) is 9.97 Å². The number of halogens is 1. The van der Waals surface area contributed by atoms with Gasteiger partial charge in [0.05, 0.1) is 12.5 Å². The van der Waals surface area contributed by atoms with Crippen molar-refractivity contribution in [2.24, 2.45) is 0 Å². The summed E-state index contributed by atoms with van der Waals surface area (Å²) in [5.41, 5.74) is 5.93. The van der Waals surface area contributed by atoms with Crippen LogP contribution >= 0.6 is 11.6 Å². The molecule has 0 aliphatic carbocycles. The molecule has 0 aromatic carbocycles. The lowest BCUT2D eigenvalue weighted by Gasteiger charge is -2.05. The highest BCUT2D eigenvalue weighted by atomic mass is 35.5. The minimum Gasteiger partial charge on any atom is -0.468 e. The van der Waals surface area contributed by atoms with E-state index in [0.29, 0.717) is 11.4 Å². The van der Waals surface area contributed by atoms with Crippen molar-refractivity contribution in [3.8, 4) is 5.88 Å². The van der Waals surface area contributed by atoms with Crippen molar-refractivity contribution < 1.29 is 9.15 Å². The van der Waals surface area contributed by atoms with Gasteiger partial charge in [0.1, 0.15) is 18.1 Å². The molecule has 0 saturated heterocycles. The Hall–Kier alpha value is -1.75. The molecule has 0 spiro atoms. The SMILES string of the molecule is Nc1cnc(Cl)nc1OCc1ccco1. The zero-order chi connectivity index (χ0) is 10.7. The molecule has 0 unspecified atom stereocenters. The predicted octanol–water partition coefficient (Wildman–Crippen LogP) is 1.88. The van der Waals surface area contributed by atoms with E-state index in [4.69, 9.17) is 26.5 Å². The molecule has 2 heterocycles. The maximum atomic E-state index is 5.60. The fourth-order valence-electron chi connectivity index (χ4n) is 1.01. The number of ether oxygens (including phenoxy) is 1. The van der Waals surface area contributed by atoms with E-state index in [1.165, 1.54) is 6.20 Å². The normalized spacial score (nSPS) is 10.2. The van der Waals surface area contributed by atoms with Crippen molar-refractivity contribution in [2.45, 2.75) is 6.61 Å². The topological polar surface area (TPSA) is 74.2 Å². The number of nitrogens with zero attached hydrogens (tertiary/aromatic N) is 2. The number of aromatic nitrogens is 2. The Bertz CT molecular complexity index is 445. The standard InChI is InChI=1S/C9H8ClN3O2/c10-9-12-4-7(11)8(13-9)15-5-6-2-1-3-14-6/h1-4H,5,11H2. The van der Waals surface area contributed by atoms with Gasteiger partial charge in [-0.25, -0.2) is 4.98 Å². The lowest BCUT2D eigenvalue weighted by atomic mass is 10.5. The van der Waals surface area contributed by atoms with Gasteiger partial charge < -0.3 is 14.9 Å². The smallest absolute Gasteiger partial charge is 0.242 e. The Morgan fingerprint density at radius 3 is 3.13 bits per heavy atom. The predicted molar refractivity (Wildman–Crippen MR) is 54.5 cm³/mol. The Morgan fingerprint density at radius 1 is 1.53 bits per heavy atom. The molecular weight excluding hydrogens is 218 g/mol. The number of hydrogen-bond donors (Lipinski definition) is 1. The first-order valence-corrected chi connectivity index (χ1v) is 4.56. The highest BCUT2D eigenvalue weighted by molar-refractivity contribution is 6.28. The molecule has 2 aromatic rings. The van der Waals surface area contributed by atoms with Gasteiger partial charge in [-0.15, -0.1) is 0 Å². The molecule has 15 heavy (non-hydrogen) atoms. The van der Waals surface area contributed by atoms with Gasteiger partial charge in [0.25, 0.3) is 0 Å². The molecule has 2 rings (SSSR count). The Kier molecular flexibility index (Phi) is 2.73. The third kappa shape index (κ3) is 2.38. The fraction of sp³-hybridized carbons (Fsp3) is 0.111. The number of furan rings is 1. The first-order chi connectivity index (χ1) is 7.25. The second-order valence-corrected chi connectivity index (χ2v) is 3.11. The summed E-state index contributed by atoms with van der Waals surface area (Å²) in [4.78, 5) is 7.55. The van der Waals surface area contributed by atoms with Gasteiger partial charge in [0, 0.05) is 0 Å². The summed E-state index contributed by atoms with van der Waals surface area (Å²) >= 11 is 5.60. The van der Waals surface area contributed by atoms with E-state index in [0.717, 1.165) is 0 Å². The molecule has 0 aliphatic rings. The summed E-state index contributed by atoms with van der Waals surface area (Å²) in [7, 11) is 0. The van der Waals surface area contributed by atoms with Crippen LogP contribution in [0.25, 0.3) is 0 Å². The molecule has 78 valence electrons. The minimum atomic E-state index is 0.0960. The molecule has 0 atom stereocenters. The molecule has 0 radical (unpaired) electrons. The average molecular weight is 226 g/mol. The van der Waals surface area contributed by atoms with Crippen LogP contribution in [0.5, 0.6) is 5.88 Å². The van der Waals surface area contributed by atoms with E-state index in [-0.39, 0.29) is 17.8 Å². The van der Waals surface area contributed by atoms with E-state index < -0.39 is 0 Å². The summed E-state index contributed by atoms with van der Waals surface area (Å²) in [5.74, 6) is 0.940. The molecule has 0 aliphatic heterocycles. The first-order valence-electron chi connectivity index (χ1n) is 4.19. The van der Waals surface area contributed by atoms with Gasteiger partial charge in [0.15, 0.2) is 0 Å². The highest BCUT2D eigenvalue weighted by Gasteiger charge is 2.05. The summed E-state index contributed by atoms with van der Waals surface area (Å²) in [6.07, 6.45) is 2.96. The third-order valence-corrected chi connectivity index (χ3v) is 1.86. The maximum absolute atomic E-state index is 5.60. The first kappa shape index (κ1) is 9.79. The number of hydrogen-bond acceptors (Lipinski definition) is 5. The van der Waals surface area contributed by atoms with Crippen molar-refractivity contribution in [1.29, 1.82) is 0 Å². The van der Waals surface area contributed by atoms with E-state index >= 15 is 0 Å². The van der Waals surface area contributed by atoms with E-state index in [9.17, 15) is 0 Å². The summed E-state index contributed by atoms with van der Waals surface area (Å²) in [5, 5.41) is 0.0960.